The SMILES string of the molecule is CCOCCOc1cc(C)ccc1CNC(=NC)NCc1ccc(C(N)=O)o1. The summed E-state index contributed by atoms with van der Waals surface area (Å²) in [7, 11) is 1.68. The summed E-state index contributed by atoms with van der Waals surface area (Å²) in [6, 6.07) is 9.32. The van der Waals surface area contributed by atoms with Gasteiger partial charge in [0.15, 0.2) is 11.7 Å². The van der Waals surface area contributed by atoms with Crippen molar-refractivity contribution in [2.45, 2.75) is 26.9 Å². The van der Waals surface area contributed by atoms with Crippen molar-refractivity contribution in [2.24, 2.45) is 10.7 Å². The number of benzene rings is 1. The number of nitrogens with zero attached hydrogens (tertiary/aromatic N) is 1. The molecule has 0 aliphatic rings. The molecular weight excluding hydrogens is 360 g/mol. The second-order valence-corrected chi connectivity index (χ2v) is 6.07. The number of aryl methyl sites for hydroxylation is 1. The Morgan fingerprint density at radius 3 is 2.64 bits per heavy atom. The van der Waals surface area contributed by atoms with E-state index in [4.69, 9.17) is 19.6 Å². The number of hydrogen-bond donors (Lipinski definition) is 3. The minimum atomic E-state index is -0.593. The third-order valence-electron chi connectivity index (χ3n) is 3.92. The van der Waals surface area contributed by atoms with Crippen LogP contribution in [0.15, 0.2) is 39.7 Å². The number of hydrogen-bond acceptors (Lipinski definition) is 5. The third-order valence-corrected chi connectivity index (χ3v) is 3.92. The maximum Gasteiger partial charge on any atom is 0.284 e. The number of furan rings is 1. The van der Waals surface area contributed by atoms with Crippen molar-refractivity contribution in [3.63, 3.8) is 0 Å². The van der Waals surface area contributed by atoms with Crippen LogP contribution in [0.2, 0.25) is 0 Å². The summed E-state index contributed by atoms with van der Waals surface area (Å²) in [6.07, 6.45) is 0. The highest BCUT2D eigenvalue weighted by molar-refractivity contribution is 5.89. The fourth-order valence-electron chi connectivity index (χ4n) is 2.47. The molecule has 1 aromatic heterocycles. The number of primary amides is 1. The number of aliphatic imine (C=N–C) groups is 1. The van der Waals surface area contributed by atoms with Gasteiger partial charge in [0.05, 0.1) is 13.2 Å². The zero-order valence-electron chi connectivity index (χ0n) is 16.6. The lowest BCUT2D eigenvalue weighted by Gasteiger charge is -2.15. The first kappa shape index (κ1) is 21.3. The molecule has 1 amide bonds. The van der Waals surface area contributed by atoms with E-state index >= 15 is 0 Å². The Balaban J connectivity index is 1.90. The van der Waals surface area contributed by atoms with E-state index in [1.165, 1.54) is 0 Å². The topological polar surface area (TPSA) is 111 Å². The van der Waals surface area contributed by atoms with Gasteiger partial charge >= 0.3 is 0 Å². The molecule has 2 aromatic rings. The first-order chi connectivity index (χ1) is 13.5. The predicted octanol–water partition coefficient (Wildman–Crippen LogP) is 1.97. The summed E-state index contributed by atoms with van der Waals surface area (Å²) in [5.41, 5.74) is 7.33. The van der Waals surface area contributed by atoms with Crippen LogP contribution in [0.4, 0.5) is 0 Å². The molecule has 8 heteroatoms. The molecule has 0 aliphatic heterocycles. The van der Waals surface area contributed by atoms with Crippen molar-refractivity contribution >= 4 is 11.9 Å². The smallest absolute Gasteiger partial charge is 0.284 e. The Morgan fingerprint density at radius 1 is 1.18 bits per heavy atom. The first-order valence-corrected chi connectivity index (χ1v) is 9.16. The molecule has 28 heavy (non-hydrogen) atoms. The highest BCUT2D eigenvalue weighted by atomic mass is 16.5. The predicted molar refractivity (Wildman–Crippen MR) is 107 cm³/mol. The van der Waals surface area contributed by atoms with Gasteiger partial charge in [0.1, 0.15) is 18.1 Å². The van der Waals surface area contributed by atoms with E-state index < -0.39 is 5.91 Å². The van der Waals surface area contributed by atoms with Gasteiger partial charge in [0.2, 0.25) is 0 Å². The molecule has 4 N–H and O–H groups in total. The van der Waals surface area contributed by atoms with Crippen LogP contribution < -0.4 is 21.1 Å². The van der Waals surface area contributed by atoms with Gasteiger partial charge in [-0.25, -0.2) is 0 Å². The van der Waals surface area contributed by atoms with Gasteiger partial charge in [-0.05, 0) is 37.6 Å². The highest BCUT2D eigenvalue weighted by Gasteiger charge is 2.09. The molecule has 0 saturated heterocycles. The van der Waals surface area contributed by atoms with Crippen molar-refractivity contribution in [1.82, 2.24) is 10.6 Å². The highest BCUT2D eigenvalue weighted by Crippen LogP contribution is 2.20. The molecule has 152 valence electrons. The maximum absolute atomic E-state index is 11.1. The second kappa shape index (κ2) is 11.0. The number of ether oxygens (including phenoxy) is 2. The van der Waals surface area contributed by atoms with E-state index in [9.17, 15) is 4.79 Å². The lowest BCUT2D eigenvalue weighted by molar-refractivity contribution is 0.0972. The molecule has 0 aliphatic carbocycles. The maximum atomic E-state index is 11.1. The van der Waals surface area contributed by atoms with Crippen LogP contribution in [0, 0.1) is 6.92 Å². The van der Waals surface area contributed by atoms with Gasteiger partial charge in [-0.2, -0.15) is 0 Å². The summed E-state index contributed by atoms with van der Waals surface area (Å²) in [5, 5.41) is 6.37. The van der Waals surface area contributed by atoms with Gasteiger partial charge in [-0.3, -0.25) is 9.79 Å². The Kier molecular flexibility index (Phi) is 8.36. The quantitative estimate of drug-likeness (QED) is 0.326. The summed E-state index contributed by atoms with van der Waals surface area (Å²) in [6.45, 7) is 6.61. The lowest BCUT2D eigenvalue weighted by Crippen LogP contribution is -2.36. The monoisotopic (exact) mass is 388 g/mol. The fraction of sp³-hybridized carbons (Fsp3) is 0.400. The van der Waals surface area contributed by atoms with Crippen LogP contribution in [-0.4, -0.2) is 38.7 Å². The molecule has 1 aromatic carbocycles. The van der Waals surface area contributed by atoms with Gasteiger partial charge in [0.25, 0.3) is 5.91 Å². The van der Waals surface area contributed by atoms with Crippen LogP contribution in [0.5, 0.6) is 5.75 Å². The van der Waals surface area contributed by atoms with Crippen LogP contribution in [0.25, 0.3) is 0 Å². The molecule has 0 atom stereocenters. The normalized spacial score (nSPS) is 11.3. The van der Waals surface area contributed by atoms with Crippen molar-refractivity contribution in [1.29, 1.82) is 0 Å². The summed E-state index contributed by atoms with van der Waals surface area (Å²) in [5.74, 6) is 1.54. The standard InChI is InChI=1S/C20H28N4O4/c1-4-26-9-10-27-18-11-14(2)5-6-15(18)12-23-20(22-3)24-13-16-7-8-17(28-16)19(21)25/h5-8,11H,4,9-10,12-13H2,1-3H3,(H2,21,25)(H2,22,23,24). The molecule has 1 heterocycles. The Morgan fingerprint density at radius 2 is 1.96 bits per heavy atom. The van der Waals surface area contributed by atoms with E-state index in [0.29, 0.717) is 44.6 Å². The Hall–Kier alpha value is -3.00. The lowest BCUT2D eigenvalue weighted by atomic mass is 10.1. The van der Waals surface area contributed by atoms with Gasteiger partial charge < -0.3 is 30.3 Å². The number of nitrogens with two attached hydrogens (primary N) is 1. The zero-order chi connectivity index (χ0) is 20.4. The molecule has 8 nitrogen and oxygen atoms in total. The Bertz CT molecular complexity index is 801. The van der Waals surface area contributed by atoms with Gasteiger partial charge in [-0.15, -0.1) is 0 Å². The van der Waals surface area contributed by atoms with Crippen molar-refractivity contribution in [2.75, 3.05) is 26.9 Å². The minimum absolute atomic E-state index is 0.133. The Labute approximate surface area is 165 Å². The van der Waals surface area contributed by atoms with E-state index in [1.807, 2.05) is 32.0 Å². The van der Waals surface area contributed by atoms with Gasteiger partial charge in [0, 0.05) is 25.8 Å². The van der Waals surface area contributed by atoms with Gasteiger partial charge in [-0.1, -0.05) is 12.1 Å². The van der Waals surface area contributed by atoms with E-state index in [1.54, 1.807) is 19.2 Å². The number of carbonyl (C=O) groups excluding carboxylic acids is 1. The fourth-order valence-corrected chi connectivity index (χ4v) is 2.47. The number of nitrogens with one attached hydrogen (secondary N) is 2. The average Bonchev–Trinajstić information content (AvgIpc) is 3.16. The summed E-state index contributed by atoms with van der Waals surface area (Å²) >= 11 is 0. The van der Waals surface area contributed by atoms with Crippen LogP contribution in [-0.2, 0) is 17.8 Å². The molecule has 2 rings (SSSR count). The third kappa shape index (κ3) is 6.62. The number of carbonyl (C=O) groups is 1. The van der Waals surface area contributed by atoms with E-state index in [2.05, 4.69) is 15.6 Å². The van der Waals surface area contributed by atoms with Crippen molar-refractivity contribution in [3.05, 3.63) is 53.0 Å². The molecule has 0 saturated carbocycles. The van der Waals surface area contributed by atoms with Crippen molar-refractivity contribution in [3.8, 4) is 5.75 Å². The second-order valence-electron chi connectivity index (χ2n) is 6.07. The summed E-state index contributed by atoms with van der Waals surface area (Å²) in [4.78, 5) is 15.3. The van der Waals surface area contributed by atoms with Crippen LogP contribution >= 0.6 is 0 Å². The molecule has 0 radical (unpaired) electrons. The molecule has 0 fully saturated rings. The van der Waals surface area contributed by atoms with E-state index in [-0.39, 0.29) is 5.76 Å². The number of amides is 1. The van der Waals surface area contributed by atoms with Crippen LogP contribution in [0.1, 0.15) is 34.4 Å². The molecular formula is C20H28N4O4. The molecule has 0 bridgehead atoms. The average molecular weight is 388 g/mol. The zero-order valence-corrected chi connectivity index (χ0v) is 16.6. The minimum Gasteiger partial charge on any atom is -0.491 e. The number of rotatable bonds is 10. The summed E-state index contributed by atoms with van der Waals surface area (Å²) < 4.78 is 16.5. The molecule has 0 spiro atoms. The largest absolute Gasteiger partial charge is 0.491 e. The number of guanidine groups is 1. The first-order valence-electron chi connectivity index (χ1n) is 9.16. The van der Waals surface area contributed by atoms with Crippen LogP contribution in [0.3, 0.4) is 0 Å². The van der Waals surface area contributed by atoms with E-state index in [0.717, 1.165) is 16.9 Å². The molecule has 0 unspecified atom stereocenters. The van der Waals surface area contributed by atoms with Crippen molar-refractivity contribution < 1.29 is 18.7 Å².